The van der Waals surface area contributed by atoms with Gasteiger partial charge in [0.05, 0.1) is 23.6 Å². The zero-order valence-electron chi connectivity index (χ0n) is 32.5. The normalized spacial score (nSPS) is 17.4. The molecule has 61 heavy (non-hydrogen) atoms. The summed E-state index contributed by atoms with van der Waals surface area (Å²) in [5, 5.41) is 20.9. The van der Waals surface area contributed by atoms with Gasteiger partial charge in [-0.25, -0.2) is 18.7 Å². The van der Waals surface area contributed by atoms with Gasteiger partial charge in [0, 0.05) is 54.4 Å². The van der Waals surface area contributed by atoms with E-state index in [1.165, 1.54) is 48.7 Å². The van der Waals surface area contributed by atoms with Crippen LogP contribution in [0.25, 0.3) is 22.0 Å². The number of nitrogens with zero attached hydrogens (tertiary/aromatic N) is 7. The van der Waals surface area contributed by atoms with E-state index < -0.39 is 93.1 Å². The fraction of sp³-hybridized carbons (Fsp3) is 0.325. The Labute approximate surface area is 342 Å². The minimum Gasteiger partial charge on any atom is -0.378 e. The molecule has 2 aliphatic carbocycles. The number of sulfonamides is 1. The van der Waals surface area contributed by atoms with E-state index in [9.17, 15) is 40.3 Å². The number of carbonyl (C=O) groups is 1. The second kappa shape index (κ2) is 14.4. The van der Waals surface area contributed by atoms with Crippen molar-refractivity contribution < 1.29 is 49.1 Å². The van der Waals surface area contributed by atoms with Crippen molar-refractivity contribution in [2.45, 2.75) is 67.9 Å². The van der Waals surface area contributed by atoms with Gasteiger partial charge in [-0.3, -0.25) is 18.9 Å². The van der Waals surface area contributed by atoms with Crippen LogP contribution < -0.4 is 10.0 Å². The van der Waals surface area contributed by atoms with Crippen LogP contribution in [-0.2, 0) is 54.0 Å². The van der Waals surface area contributed by atoms with Gasteiger partial charge < -0.3 is 15.0 Å². The van der Waals surface area contributed by atoms with Crippen LogP contribution in [-0.4, -0.2) is 59.1 Å². The number of aromatic nitrogens is 7. The molecule has 0 bridgehead atoms. The molecule has 318 valence electrons. The minimum atomic E-state index is -5.09. The Morgan fingerprint density at radius 1 is 1.05 bits per heavy atom. The second-order valence-corrected chi connectivity index (χ2v) is 17.2. The quantitative estimate of drug-likeness (QED) is 0.110. The van der Waals surface area contributed by atoms with E-state index in [-0.39, 0.29) is 39.8 Å². The molecule has 3 N–H and O–H groups in total. The van der Waals surface area contributed by atoms with Crippen LogP contribution in [0.15, 0.2) is 66.1 Å². The lowest BCUT2D eigenvalue weighted by Gasteiger charge is -2.23. The molecule has 0 saturated heterocycles. The number of aryl methyl sites for hydroxylation is 2. The van der Waals surface area contributed by atoms with Gasteiger partial charge in [0.2, 0.25) is 5.91 Å². The molecule has 8 rings (SSSR count). The van der Waals surface area contributed by atoms with E-state index in [0.29, 0.717) is 27.2 Å². The maximum atomic E-state index is 15.4. The van der Waals surface area contributed by atoms with Gasteiger partial charge in [-0.1, -0.05) is 18.1 Å². The highest BCUT2D eigenvalue weighted by atomic mass is 32.2. The molecular formula is C40H34F7N9O4S. The minimum absolute atomic E-state index is 0.000514. The van der Waals surface area contributed by atoms with E-state index in [4.69, 9.17) is 4.98 Å². The molecule has 0 spiro atoms. The number of anilines is 1. The molecular weight excluding hydrogens is 836 g/mol. The van der Waals surface area contributed by atoms with Crippen LogP contribution >= 0.6 is 0 Å². The topological polar surface area (TPSA) is 162 Å². The van der Waals surface area contributed by atoms with Crippen LogP contribution in [0.1, 0.15) is 66.1 Å². The van der Waals surface area contributed by atoms with Crippen molar-refractivity contribution in [2.24, 2.45) is 20.0 Å². The molecule has 4 aromatic heterocycles. The molecule has 21 heteroatoms. The molecule has 1 saturated carbocycles. The number of aliphatic hydroxyl groups is 1. The number of para-hydroxylation sites is 1. The number of benzene rings is 2. The molecule has 0 aliphatic heterocycles. The largest absolute Gasteiger partial charge is 0.435 e. The summed E-state index contributed by atoms with van der Waals surface area (Å²) in [7, 11) is -1.10. The SMILES string of the molecule is Cn1cnc(S(=O)(=O)Nc2nn(C)c3c(-c4ccc(C#CC(C)(C)O)nc4[C@H](Cc4cc(F)cc(F)c4)NC(=O)Cn4nc(C(F)(F)F)c5c4C(F)(F)[C@@H]4CC54)cccc23)c1. The standard InChI is InChI=1S/C40H34F7N9O4S/c1-38(2,58)11-10-23-8-9-24(25-6-5-7-26-34(25)55(4)52-37(26)53-61(59,60)31-18-54(3)19-48-31)33(49-23)29(14-20-12-21(41)15-22(42)13-20)50-30(57)17-56-36-32(35(51-56)40(45,46)47)27-16-28(27)39(36,43)44/h5-9,12-13,15,18-19,27-29,58H,14,16-17H2,1-4H3,(H,50,57)(H,52,53)/t27?,28-,29+/m1/s1. The molecule has 4 heterocycles. The van der Waals surface area contributed by atoms with Crippen molar-refractivity contribution in [2.75, 3.05) is 4.72 Å². The van der Waals surface area contributed by atoms with Crippen molar-refractivity contribution in [3.05, 3.63) is 107 Å². The first-order chi connectivity index (χ1) is 28.5. The zero-order chi connectivity index (χ0) is 44.0. The maximum Gasteiger partial charge on any atom is 0.435 e. The molecule has 13 nitrogen and oxygen atoms in total. The molecule has 0 radical (unpaired) electrons. The third kappa shape index (κ3) is 7.92. The summed E-state index contributed by atoms with van der Waals surface area (Å²) in [5.74, 6) is -3.84. The van der Waals surface area contributed by atoms with Gasteiger partial charge in [-0.15, -0.1) is 0 Å². The number of alkyl halides is 5. The summed E-state index contributed by atoms with van der Waals surface area (Å²) in [4.78, 5) is 22.6. The molecule has 1 fully saturated rings. The maximum absolute atomic E-state index is 15.4. The molecule has 1 amide bonds. The number of hydrogen-bond acceptors (Lipinski definition) is 8. The van der Waals surface area contributed by atoms with Crippen LogP contribution in [0.3, 0.4) is 0 Å². The number of carbonyl (C=O) groups excluding carboxylic acids is 1. The predicted octanol–water partition coefficient (Wildman–Crippen LogP) is 6.09. The molecule has 2 aliphatic rings. The Morgan fingerprint density at radius 3 is 2.43 bits per heavy atom. The summed E-state index contributed by atoms with van der Waals surface area (Å²) in [6, 6.07) is 9.04. The summed E-state index contributed by atoms with van der Waals surface area (Å²) < 4.78 is 135. The first kappa shape index (κ1) is 41.5. The lowest BCUT2D eigenvalue weighted by Crippen LogP contribution is -2.35. The average Bonchev–Trinajstić information content (AvgIpc) is 3.37. The number of fused-ring (bicyclic) bond motifs is 4. The zero-order valence-corrected chi connectivity index (χ0v) is 33.3. The first-order valence-electron chi connectivity index (χ1n) is 18.5. The summed E-state index contributed by atoms with van der Waals surface area (Å²) in [5.41, 5.74) is -3.67. The van der Waals surface area contributed by atoms with Crippen molar-refractivity contribution in [3.63, 3.8) is 0 Å². The lowest BCUT2D eigenvalue weighted by atomic mass is 9.93. The highest BCUT2D eigenvalue weighted by molar-refractivity contribution is 7.92. The Hall–Kier alpha value is -6.27. The van der Waals surface area contributed by atoms with Gasteiger partial charge in [-0.05, 0) is 74.4 Å². The van der Waals surface area contributed by atoms with E-state index in [1.807, 2.05) is 0 Å². The molecule has 2 aromatic carbocycles. The number of nitrogens with one attached hydrogen (secondary N) is 2. The Kier molecular flexibility index (Phi) is 9.81. The van der Waals surface area contributed by atoms with Gasteiger partial charge in [0.15, 0.2) is 16.5 Å². The highest BCUT2D eigenvalue weighted by Crippen LogP contribution is 2.68. The summed E-state index contributed by atoms with van der Waals surface area (Å²) in [6.45, 7) is 1.75. The Bertz CT molecular complexity index is 2920. The van der Waals surface area contributed by atoms with Gasteiger partial charge >= 0.3 is 6.18 Å². The number of pyridine rings is 1. The third-order valence-corrected chi connectivity index (χ3v) is 11.5. The highest BCUT2D eigenvalue weighted by Gasteiger charge is 2.68. The molecule has 3 atom stereocenters. The van der Waals surface area contributed by atoms with Crippen molar-refractivity contribution >= 4 is 32.7 Å². The number of hydrogen-bond donors (Lipinski definition) is 3. The second-order valence-electron chi connectivity index (χ2n) is 15.5. The summed E-state index contributed by atoms with van der Waals surface area (Å²) in [6.07, 6.45) is -3.04. The number of amides is 1. The smallest absolute Gasteiger partial charge is 0.378 e. The lowest BCUT2D eigenvalue weighted by molar-refractivity contribution is -0.142. The number of imidazole rings is 1. The Morgan fingerprint density at radius 2 is 1.77 bits per heavy atom. The first-order valence-corrected chi connectivity index (χ1v) is 20.0. The van der Waals surface area contributed by atoms with E-state index in [2.05, 4.69) is 37.1 Å². The monoisotopic (exact) mass is 869 g/mol. The molecule has 6 aromatic rings. The third-order valence-electron chi connectivity index (χ3n) is 10.3. The van der Waals surface area contributed by atoms with Gasteiger partial charge in [0.1, 0.15) is 35.2 Å². The van der Waals surface area contributed by atoms with Gasteiger partial charge in [0.25, 0.3) is 15.9 Å². The van der Waals surface area contributed by atoms with E-state index >= 15 is 8.78 Å². The van der Waals surface area contributed by atoms with Gasteiger partial charge in [-0.2, -0.15) is 40.6 Å². The van der Waals surface area contributed by atoms with Crippen molar-refractivity contribution in [1.82, 2.24) is 39.4 Å². The fourth-order valence-electron chi connectivity index (χ4n) is 7.74. The van der Waals surface area contributed by atoms with Crippen LogP contribution in [0.5, 0.6) is 0 Å². The average molecular weight is 870 g/mol. The Balaban J connectivity index is 1.25. The van der Waals surface area contributed by atoms with Crippen molar-refractivity contribution in [1.29, 1.82) is 0 Å². The van der Waals surface area contributed by atoms with Crippen LogP contribution in [0.4, 0.5) is 36.6 Å². The van der Waals surface area contributed by atoms with E-state index in [1.54, 1.807) is 31.3 Å². The van der Waals surface area contributed by atoms with Crippen LogP contribution in [0, 0.1) is 29.4 Å². The van der Waals surface area contributed by atoms with E-state index in [0.717, 1.165) is 12.1 Å². The number of halogens is 7. The van der Waals surface area contributed by atoms with Crippen LogP contribution in [0.2, 0.25) is 0 Å². The van der Waals surface area contributed by atoms with Crippen molar-refractivity contribution in [3.8, 4) is 23.0 Å². The number of rotatable bonds is 10. The predicted molar refractivity (Wildman–Crippen MR) is 204 cm³/mol. The molecule has 1 unspecified atom stereocenters. The summed E-state index contributed by atoms with van der Waals surface area (Å²) >= 11 is 0. The fourth-order valence-corrected chi connectivity index (χ4v) is 8.74.